The number of nitrogens with zero attached hydrogens (tertiary/aromatic N) is 3. The molecule has 0 aliphatic carbocycles. The summed E-state index contributed by atoms with van der Waals surface area (Å²) in [6.45, 7) is 1.09. The van der Waals surface area contributed by atoms with Crippen LogP contribution in [0.2, 0.25) is 0 Å². The van der Waals surface area contributed by atoms with E-state index < -0.39 is 10.0 Å². The first-order valence-corrected chi connectivity index (χ1v) is 11.4. The first-order valence-electron chi connectivity index (χ1n) is 9.96. The maximum Gasteiger partial charge on any atom is 0.243 e. The predicted octanol–water partition coefficient (Wildman–Crippen LogP) is 2.59. The van der Waals surface area contributed by atoms with Gasteiger partial charge in [-0.1, -0.05) is 36.4 Å². The number of benzene rings is 2. The molecule has 0 radical (unpaired) electrons. The number of amides is 1. The number of nitrogens with one attached hydrogen (secondary N) is 1. The second-order valence-corrected chi connectivity index (χ2v) is 9.28. The molecule has 2 aromatic carbocycles. The second-order valence-electron chi connectivity index (χ2n) is 7.34. The molecule has 1 fully saturated rings. The monoisotopic (exact) mass is 424 g/mol. The number of sulfonamides is 1. The van der Waals surface area contributed by atoms with Gasteiger partial charge in [0.15, 0.2) is 0 Å². The zero-order valence-corrected chi connectivity index (χ0v) is 17.3. The summed E-state index contributed by atoms with van der Waals surface area (Å²) in [7, 11) is -3.50. The molecule has 8 heteroatoms. The average Bonchev–Trinajstić information content (AvgIpc) is 3.28. The molecular formula is C22H24N4O3S. The summed E-state index contributed by atoms with van der Waals surface area (Å²) in [6, 6.07) is 18.2. The molecule has 1 saturated heterocycles. The van der Waals surface area contributed by atoms with E-state index in [1.165, 1.54) is 4.31 Å². The minimum atomic E-state index is -3.50. The van der Waals surface area contributed by atoms with Crippen LogP contribution in [0.1, 0.15) is 18.4 Å². The van der Waals surface area contributed by atoms with Crippen LogP contribution in [0.5, 0.6) is 0 Å². The standard InChI is InChI=1S/C22H24N4O3S/c27-22(23-15-18-16-24-26(17-18)20-7-3-1-4-8-20)19-11-13-25(14-12-19)30(28,29)21-9-5-2-6-10-21/h1-10,16-17,19H,11-15H2,(H,23,27). The predicted molar refractivity (Wildman–Crippen MR) is 113 cm³/mol. The molecule has 156 valence electrons. The lowest BCUT2D eigenvalue weighted by atomic mass is 9.97. The summed E-state index contributed by atoms with van der Waals surface area (Å²) >= 11 is 0. The fourth-order valence-corrected chi connectivity index (χ4v) is 5.10. The molecule has 0 bridgehead atoms. The largest absolute Gasteiger partial charge is 0.352 e. The van der Waals surface area contributed by atoms with Gasteiger partial charge in [0.25, 0.3) is 0 Å². The number of rotatable bonds is 6. The Labute approximate surface area is 176 Å². The Morgan fingerprint density at radius 3 is 2.30 bits per heavy atom. The van der Waals surface area contributed by atoms with Crippen LogP contribution in [0.4, 0.5) is 0 Å². The highest BCUT2D eigenvalue weighted by atomic mass is 32.2. The van der Waals surface area contributed by atoms with Crippen LogP contribution in [-0.2, 0) is 21.4 Å². The van der Waals surface area contributed by atoms with Gasteiger partial charge in [0.2, 0.25) is 15.9 Å². The van der Waals surface area contributed by atoms with Crippen molar-refractivity contribution in [3.8, 4) is 5.69 Å². The molecule has 0 atom stereocenters. The third-order valence-corrected chi connectivity index (χ3v) is 7.24. The van der Waals surface area contributed by atoms with Gasteiger partial charge in [0.05, 0.1) is 16.8 Å². The smallest absolute Gasteiger partial charge is 0.243 e. The van der Waals surface area contributed by atoms with Crippen molar-refractivity contribution in [2.75, 3.05) is 13.1 Å². The van der Waals surface area contributed by atoms with Crippen LogP contribution in [0.15, 0.2) is 78.0 Å². The molecular weight excluding hydrogens is 400 g/mol. The molecule has 4 rings (SSSR count). The average molecular weight is 425 g/mol. The molecule has 0 saturated carbocycles. The van der Waals surface area contributed by atoms with Crippen LogP contribution < -0.4 is 5.32 Å². The van der Waals surface area contributed by atoms with E-state index in [0.29, 0.717) is 37.4 Å². The first kappa shape index (κ1) is 20.3. The summed E-state index contributed by atoms with van der Waals surface area (Å²) in [6.07, 6.45) is 4.66. The Morgan fingerprint density at radius 2 is 1.63 bits per heavy atom. The van der Waals surface area contributed by atoms with Crippen molar-refractivity contribution in [2.24, 2.45) is 5.92 Å². The van der Waals surface area contributed by atoms with Crippen LogP contribution in [0.25, 0.3) is 5.69 Å². The van der Waals surface area contributed by atoms with Gasteiger partial charge >= 0.3 is 0 Å². The molecule has 2 heterocycles. The van der Waals surface area contributed by atoms with Gasteiger partial charge in [-0.25, -0.2) is 13.1 Å². The van der Waals surface area contributed by atoms with Crippen LogP contribution in [0, 0.1) is 5.92 Å². The van der Waals surface area contributed by atoms with Gasteiger partial charge in [-0.3, -0.25) is 4.79 Å². The van der Waals surface area contributed by atoms with Gasteiger partial charge in [-0.15, -0.1) is 0 Å². The molecule has 1 aromatic heterocycles. The van der Waals surface area contributed by atoms with E-state index >= 15 is 0 Å². The SMILES string of the molecule is O=C(NCc1cnn(-c2ccccc2)c1)C1CCN(S(=O)(=O)c2ccccc2)CC1. The molecule has 3 aromatic rings. The lowest BCUT2D eigenvalue weighted by molar-refractivity contribution is -0.126. The molecule has 1 N–H and O–H groups in total. The fraction of sp³-hybridized carbons (Fsp3) is 0.273. The minimum absolute atomic E-state index is 0.0424. The fourth-order valence-electron chi connectivity index (χ4n) is 3.61. The van der Waals surface area contributed by atoms with Crippen LogP contribution in [-0.4, -0.2) is 41.5 Å². The van der Waals surface area contributed by atoms with Gasteiger partial charge < -0.3 is 5.32 Å². The topological polar surface area (TPSA) is 84.3 Å². The van der Waals surface area contributed by atoms with Gasteiger partial charge in [0.1, 0.15) is 0 Å². The number of piperidine rings is 1. The van der Waals surface area contributed by atoms with Gasteiger partial charge in [0, 0.05) is 37.3 Å². The minimum Gasteiger partial charge on any atom is -0.352 e. The highest BCUT2D eigenvalue weighted by Gasteiger charge is 2.31. The Balaban J connectivity index is 1.29. The summed E-state index contributed by atoms with van der Waals surface area (Å²) in [5.41, 5.74) is 1.87. The molecule has 1 aliphatic rings. The third-order valence-electron chi connectivity index (χ3n) is 5.33. The maximum absolute atomic E-state index is 12.7. The highest BCUT2D eigenvalue weighted by molar-refractivity contribution is 7.89. The number of para-hydroxylation sites is 1. The number of carbonyl (C=O) groups excluding carboxylic acids is 1. The Bertz CT molecular complexity index is 1090. The Hall–Kier alpha value is -2.97. The van der Waals surface area contributed by atoms with Crippen molar-refractivity contribution in [2.45, 2.75) is 24.3 Å². The van der Waals surface area contributed by atoms with E-state index in [2.05, 4.69) is 10.4 Å². The van der Waals surface area contributed by atoms with E-state index in [1.807, 2.05) is 36.5 Å². The second kappa shape index (κ2) is 8.81. The van der Waals surface area contributed by atoms with E-state index in [-0.39, 0.29) is 11.8 Å². The van der Waals surface area contributed by atoms with Gasteiger partial charge in [-0.2, -0.15) is 9.40 Å². The summed E-state index contributed by atoms with van der Waals surface area (Å²) in [5.74, 6) is -0.226. The zero-order chi connectivity index (χ0) is 21.0. The van der Waals surface area contributed by atoms with Crippen LogP contribution >= 0.6 is 0 Å². The number of hydrogen-bond acceptors (Lipinski definition) is 4. The van der Waals surface area contributed by atoms with E-state index in [4.69, 9.17) is 0 Å². The van der Waals surface area contributed by atoms with Crippen molar-refractivity contribution in [1.29, 1.82) is 0 Å². The first-order chi connectivity index (χ1) is 14.5. The summed E-state index contributed by atoms with van der Waals surface area (Å²) in [5, 5.41) is 7.29. The normalized spacial score (nSPS) is 15.7. The summed E-state index contributed by atoms with van der Waals surface area (Å²) in [4.78, 5) is 12.9. The highest BCUT2D eigenvalue weighted by Crippen LogP contribution is 2.24. The zero-order valence-electron chi connectivity index (χ0n) is 16.5. The molecule has 7 nitrogen and oxygen atoms in total. The van der Waals surface area contributed by atoms with Crippen molar-refractivity contribution >= 4 is 15.9 Å². The van der Waals surface area contributed by atoms with Crippen LogP contribution in [0.3, 0.4) is 0 Å². The Kier molecular flexibility index (Phi) is 5.96. The van der Waals surface area contributed by atoms with E-state index in [1.54, 1.807) is 41.2 Å². The molecule has 1 aliphatic heterocycles. The number of carbonyl (C=O) groups is 1. The van der Waals surface area contributed by atoms with E-state index in [0.717, 1.165) is 11.3 Å². The van der Waals surface area contributed by atoms with Crippen molar-refractivity contribution in [3.05, 3.63) is 78.6 Å². The number of aromatic nitrogens is 2. The van der Waals surface area contributed by atoms with Crippen molar-refractivity contribution < 1.29 is 13.2 Å². The van der Waals surface area contributed by atoms with Gasteiger partial charge in [-0.05, 0) is 37.1 Å². The lowest BCUT2D eigenvalue weighted by Gasteiger charge is -2.30. The Morgan fingerprint density at radius 1 is 1.00 bits per heavy atom. The summed E-state index contributed by atoms with van der Waals surface area (Å²) < 4.78 is 28.7. The molecule has 0 spiro atoms. The quantitative estimate of drug-likeness (QED) is 0.659. The number of hydrogen-bond donors (Lipinski definition) is 1. The maximum atomic E-state index is 12.7. The molecule has 0 unspecified atom stereocenters. The van der Waals surface area contributed by atoms with Crippen molar-refractivity contribution in [1.82, 2.24) is 19.4 Å². The van der Waals surface area contributed by atoms with Crippen molar-refractivity contribution in [3.63, 3.8) is 0 Å². The molecule has 30 heavy (non-hydrogen) atoms. The van der Waals surface area contributed by atoms with E-state index in [9.17, 15) is 13.2 Å². The third kappa shape index (κ3) is 4.44. The lowest BCUT2D eigenvalue weighted by Crippen LogP contribution is -2.42. The molecule has 1 amide bonds.